The lowest BCUT2D eigenvalue weighted by molar-refractivity contribution is -0.121. The monoisotopic (exact) mass is 358 g/mol. The van der Waals surface area contributed by atoms with Gasteiger partial charge < -0.3 is 20.4 Å². The summed E-state index contributed by atoms with van der Waals surface area (Å²) >= 11 is 0. The largest absolute Gasteiger partial charge is 0.373 e. The van der Waals surface area contributed by atoms with Gasteiger partial charge in [-0.25, -0.2) is 4.79 Å². The summed E-state index contributed by atoms with van der Waals surface area (Å²) in [5.74, 6) is -0.231. The Kier molecular flexibility index (Phi) is 5.84. The van der Waals surface area contributed by atoms with Crippen molar-refractivity contribution in [1.82, 2.24) is 20.6 Å². The van der Waals surface area contributed by atoms with Crippen LogP contribution in [0.15, 0.2) is 9.59 Å². The topological polar surface area (TPSA) is 116 Å². The van der Waals surface area contributed by atoms with Gasteiger partial charge in [0.25, 0.3) is 5.56 Å². The van der Waals surface area contributed by atoms with Crippen LogP contribution in [0.3, 0.4) is 0 Å². The van der Waals surface area contributed by atoms with Crippen LogP contribution < -0.4 is 21.9 Å². The summed E-state index contributed by atoms with van der Waals surface area (Å²) in [6.45, 7) is 3.99. The van der Waals surface area contributed by atoms with Gasteiger partial charge in [0.2, 0.25) is 5.91 Å². The number of aromatic amines is 2. The van der Waals surface area contributed by atoms with E-state index < -0.39 is 11.2 Å². The molecule has 0 radical (unpaired) electrons. The van der Waals surface area contributed by atoms with Crippen LogP contribution >= 0.6 is 12.4 Å². The molecule has 3 heterocycles. The molecule has 1 unspecified atom stereocenters. The number of amides is 1. The van der Waals surface area contributed by atoms with E-state index in [-0.39, 0.29) is 41.9 Å². The van der Waals surface area contributed by atoms with Crippen LogP contribution in [0.2, 0.25) is 0 Å². The first-order chi connectivity index (χ1) is 11.0. The molecule has 0 bridgehead atoms. The first kappa shape index (κ1) is 18.7. The average Bonchev–Trinajstić information content (AvgIpc) is 2.86. The molecule has 0 aliphatic carbocycles. The van der Waals surface area contributed by atoms with Crippen LogP contribution in [0.1, 0.15) is 30.5 Å². The molecule has 134 valence electrons. The summed E-state index contributed by atoms with van der Waals surface area (Å²) in [6.07, 6.45) is 2.67. The van der Waals surface area contributed by atoms with Crippen LogP contribution in [0.4, 0.5) is 0 Å². The van der Waals surface area contributed by atoms with E-state index in [1.54, 1.807) is 6.92 Å². The molecule has 4 N–H and O–H groups in total. The molecule has 24 heavy (non-hydrogen) atoms. The number of ether oxygens (including phenoxy) is 1. The molecular formula is C15H23ClN4O4. The van der Waals surface area contributed by atoms with E-state index in [9.17, 15) is 14.4 Å². The zero-order valence-electron chi connectivity index (χ0n) is 13.6. The highest BCUT2D eigenvalue weighted by molar-refractivity contribution is 5.85. The Morgan fingerprint density at radius 3 is 2.67 bits per heavy atom. The molecule has 1 amide bonds. The summed E-state index contributed by atoms with van der Waals surface area (Å²) in [4.78, 5) is 39.8. The predicted molar refractivity (Wildman–Crippen MR) is 90.7 cm³/mol. The van der Waals surface area contributed by atoms with E-state index in [1.165, 1.54) is 0 Å². The third kappa shape index (κ3) is 4.06. The number of rotatable bonds is 3. The van der Waals surface area contributed by atoms with Crippen molar-refractivity contribution in [1.29, 1.82) is 0 Å². The maximum atomic E-state index is 12.2. The summed E-state index contributed by atoms with van der Waals surface area (Å²) in [6, 6.07) is -0.0252. The van der Waals surface area contributed by atoms with Gasteiger partial charge in [0.15, 0.2) is 0 Å². The van der Waals surface area contributed by atoms with E-state index in [4.69, 9.17) is 4.74 Å². The van der Waals surface area contributed by atoms with Gasteiger partial charge in [-0.1, -0.05) is 0 Å². The lowest BCUT2D eigenvalue weighted by Gasteiger charge is -2.32. The van der Waals surface area contributed by atoms with Gasteiger partial charge >= 0.3 is 5.69 Å². The minimum Gasteiger partial charge on any atom is -0.373 e. The summed E-state index contributed by atoms with van der Waals surface area (Å²) in [5, 5.41) is 6.25. The van der Waals surface area contributed by atoms with Crippen LogP contribution in [-0.2, 0) is 16.0 Å². The average molecular weight is 359 g/mol. The fraction of sp³-hybridized carbons (Fsp3) is 0.667. The number of carbonyl (C=O) groups excluding carboxylic acids is 1. The molecule has 2 fully saturated rings. The Labute approximate surface area is 145 Å². The smallest absolute Gasteiger partial charge is 0.325 e. The minimum atomic E-state index is -0.561. The lowest BCUT2D eigenvalue weighted by atomic mass is 9.88. The fourth-order valence-corrected chi connectivity index (χ4v) is 3.45. The second-order valence-corrected chi connectivity index (χ2v) is 6.40. The zero-order chi connectivity index (χ0) is 16.4. The third-order valence-corrected chi connectivity index (χ3v) is 4.68. The van der Waals surface area contributed by atoms with Gasteiger partial charge in [-0.15, -0.1) is 12.4 Å². The molecule has 3 rings (SSSR count). The number of hydrogen-bond donors (Lipinski definition) is 4. The van der Waals surface area contributed by atoms with Crippen molar-refractivity contribution >= 4 is 18.3 Å². The molecule has 2 saturated heterocycles. The molecule has 1 spiro atoms. The number of nitrogens with one attached hydrogen (secondary N) is 4. The number of aromatic nitrogens is 2. The highest BCUT2D eigenvalue weighted by Gasteiger charge is 2.41. The van der Waals surface area contributed by atoms with Crippen LogP contribution in [0.5, 0.6) is 0 Å². The second kappa shape index (κ2) is 7.50. The molecule has 9 heteroatoms. The Balaban J connectivity index is 0.00000208. The number of H-pyrrole nitrogens is 2. The standard InChI is InChI=1S/C15H22N4O4.ClH/c1-9-11(13(21)19-14(22)17-9)6-12(20)18-10-7-15(23-8-10)2-4-16-5-3-15;/h10,16H,2-8H2,1H3,(H,18,20)(H2,17,19,21,22);1H. The van der Waals surface area contributed by atoms with Crippen molar-refractivity contribution in [3.05, 3.63) is 32.1 Å². The van der Waals surface area contributed by atoms with E-state index >= 15 is 0 Å². The Hall–Kier alpha value is -1.64. The fourth-order valence-electron chi connectivity index (χ4n) is 3.45. The maximum Gasteiger partial charge on any atom is 0.325 e. The number of hydrogen-bond acceptors (Lipinski definition) is 5. The number of aryl methyl sites for hydroxylation is 1. The molecule has 8 nitrogen and oxygen atoms in total. The maximum absolute atomic E-state index is 12.2. The van der Waals surface area contributed by atoms with Crippen LogP contribution in [-0.4, -0.2) is 47.2 Å². The van der Waals surface area contributed by atoms with E-state index in [0.29, 0.717) is 12.3 Å². The normalized spacial score (nSPS) is 22.1. The molecular weight excluding hydrogens is 336 g/mol. The first-order valence-electron chi connectivity index (χ1n) is 7.94. The third-order valence-electron chi connectivity index (χ3n) is 4.68. The van der Waals surface area contributed by atoms with E-state index in [2.05, 4.69) is 20.6 Å². The van der Waals surface area contributed by atoms with Crippen molar-refractivity contribution in [2.24, 2.45) is 0 Å². The van der Waals surface area contributed by atoms with E-state index in [0.717, 1.165) is 32.4 Å². The Morgan fingerprint density at radius 1 is 1.29 bits per heavy atom. The molecule has 1 atom stereocenters. The molecule has 2 aliphatic heterocycles. The summed E-state index contributed by atoms with van der Waals surface area (Å²) in [5.41, 5.74) is -0.481. The highest BCUT2D eigenvalue weighted by atomic mass is 35.5. The summed E-state index contributed by atoms with van der Waals surface area (Å²) in [7, 11) is 0. The number of halogens is 1. The van der Waals surface area contributed by atoms with Crippen molar-refractivity contribution in [2.75, 3.05) is 19.7 Å². The van der Waals surface area contributed by atoms with E-state index in [1.807, 2.05) is 0 Å². The number of piperidine rings is 1. The van der Waals surface area contributed by atoms with Gasteiger partial charge in [0.1, 0.15) is 0 Å². The predicted octanol–water partition coefficient (Wildman–Crippen LogP) is -0.637. The van der Waals surface area contributed by atoms with Gasteiger partial charge in [0, 0.05) is 11.3 Å². The van der Waals surface area contributed by atoms with Crippen molar-refractivity contribution in [3.63, 3.8) is 0 Å². The Bertz CT molecular complexity index is 708. The van der Waals surface area contributed by atoms with Crippen molar-refractivity contribution < 1.29 is 9.53 Å². The quantitative estimate of drug-likeness (QED) is 0.573. The summed E-state index contributed by atoms with van der Waals surface area (Å²) < 4.78 is 5.94. The molecule has 0 saturated carbocycles. The highest BCUT2D eigenvalue weighted by Crippen LogP contribution is 2.33. The van der Waals surface area contributed by atoms with Crippen molar-refractivity contribution in [3.8, 4) is 0 Å². The first-order valence-corrected chi connectivity index (χ1v) is 7.94. The van der Waals surface area contributed by atoms with Crippen molar-refractivity contribution in [2.45, 2.75) is 44.2 Å². The second-order valence-electron chi connectivity index (χ2n) is 6.40. The minimum absolute atomic E-state index is 0. The number of carbonyl (C=O) groups is 1. The van der Waals surface area contributed by atoms with Gasteiger partial charge in [-0.3, -0.25) is 14.6 Å². The molecule has 1 aromatic rings. The van der Waals surface area contributed by atoms with Gasteiger partial charge in [-0.2, -0.15) is 0 Å². The van der Waals surface area contributed by atoms with Crippen LogP contribution in [0, 0.1) is 6.92 Å². The zero-order valence-corrected chi connectivity index (χ0v) is 14.4. The Morgan fingerprint density at radius 2 is 2.00 bits per heavy atom. The SMILES string of the molecule is Cc1[nH]c(=O)[nH]c(=O)c1CC(=O)NC1COC2(CCNCC2)C1.Cl. The molecule has 2 aliphatic rings. The molecule has 0 aromatic carbocycles. The lowest BCUT2D eigenvalue weighted by Crippen LogP contribution is -2.43. The van der Waals surface area contributed by atoms with Gasteiger partial charge in [0.05, 0.1) is 24.7 Å². The van der Waals surface area contributed by atoms with Crippen LogP contribution in [0.25, 0.3) is 0 Å². The van der Waals surface area contributed by atoms with Gasteiger partial charge in [-0.05, 0) is 39.3 Å². The molecule has 1 aromatic heterocycles.